The largest absolute Gasteiger partial charge is 0.416 e. The number of alkyl halides is 3. The van der Waals surface area contributed by atoms with Crippen LogP contribution in [0.3, 0.4) is 0 Å². The molecular weight excluding hydrogens is 694 g/mol. The molecule has 53 heavy (non-hydrogen) atoms. The molecule has 3 N–H and O–H groups in total. The number of benzene rings is 3. The lowest BCUT2D eigenvalue weighted by molar-refractivity contribution is -0.137. The molecule has 2 saturated heterocycles. The van der Waals surface area contributed by atoms with Gasteiger partial charge in [-0.2, -0.15) is 18.4 Å². The van der Waals surface area contributed by atoms with Gasteiger partial charge in [0.1, 0.15) is 29.4 Å². The van der Waals surface area contributed by atoms with Gasteiger partial charge in [0.05, 0.1) is 36.6 Å². The number of hydrogen-bond acceptors (Lipinski definition) is 8. The Morgan fingerprint density at radius 2 is 1.75 bits per heavy atom. The zero-order valence-corrected chi connectivity index (χ0v) is 29.3. The van der Waals surface area contributed by atoms with Gasteiger partial charge in [-0.25, -0.2) is 9.38 Å². The summed E-state index contributed by atoms with van der Waals surface area (Å²) in [5.74, 6) is -4.41. The van der Waals surface area contributed by atoms with Crippen molar-refractivity contribution in [2.24, 2.45) is 10.7 Å². The fourth-order valence-electron chi connectivity index (χ4n) is 6.22. The maximum Gasteiger partial charge on any atom is 0.416 e. The smallest absolute Gasteiger partial charge is 0.394 e. The van der Waals surface area contributed by atoms with Crippen LogP contribution in [0, 0.1) is 17.1 Å². The molecule has 5 rings (SSSR count). The number of nitrogens with two attached hydrogens (primary N) is 1. The van der Waals surface area contributed by atoms with Crippen LogP contribution in [0.1, 0.15) is 40.7 Å². The van der Waals surface area contributed by atoms with Gasteiger partial charge in [0, 0.05) is 37.2 Å². The molecule has 3 aromatic carbocycles. The maximum atomic E-state index is 14.4. The summed E-state index contributed by atoms with van der Waals surface area (Å²) in [5.41, 5.74) is 5.57. The van der Waals surface area contributed by atoms with E-state index in [9.17, 15) is 37.2 Å². The average Bonchev–Trinajstić information content (AvgIpc) is 3.12. The summed E-state index contributed by atoms with van der Waals surface area (Å²) in [7, 11) is 3.32. The standard InChI is InChI=1S/C38H39F4N7O4/c1-4-49-34(45-27-11-6-5-7-12-27)31(32(44)36(51)48(3)28(20-43)17-18-47(2)29-21-53-22-29)30(23-13-15-26(39)16-14-23)33(37(49)52)46-35(50)24-9-8-10-25(19-24)38(40,41)42/h5-16,19,28-30,33H,4,17-18,21-22,44H2,1-3H3,(H,46,50)/b32-31-,45-34?. The molecule has 278 valence electrons. The van der Waals surface area contributed by atoms with E-state index in [1.807, 2.05) is 11.9 Å². The van der Waals surface area contributed by atoms with Crippen molar-refractivity contribution in [3.63, 3.8) is 0 Å². The molecular formula is C38H39F4N7O4. The Morgan fingerprint density at radius 3 is 2.34 bits per heavy atom. The van der Waals surface area contributed by atoms with Crippen LogP contribution in [0.2, 0.25) is 0 Å². The van der Waals surface area contributed by atoms with Crippen molar-refractivity contribution in [3.8, 4) is 6.07 Å². The highest BCUT2D eigenvalue weighted by Crippen LogP contribution is 2.38. The van der Waals surface area contributed by atoms with Crippen LogP contribution in [0.15, 0.2) is 95.1 Å². The van der Waals surface area contributed by atoms with Crippen molar-refractivity contribution in [1.29, 1.82) is 5.26 Å². The second-order valence-corrected chi connectivity index (χ2v) is 12.8. The van der Waals surface area contributed by atoms with Crippen LogP contribution in [0.4, 0.5) is 23.2 Å². The van der Waals surface area contributed by atoms with Crippen molar-refractivity contribution in [2.45, 2.75) is 43.6 Å². The number of halogens is 4. The molecule has 3 aromatic rings. The minimum Gasteiger partial charge on any atom is -0.394 e. The molecule has 2 aliphatic rings. The number of para-hydroxylation sites is 1. The molecule has 3 amide bonds. The number of aliphatic imine (C=N–C) groups is 1. The van der Waals surface area contributed by atoms with E-state index in [0.29, 0.717) is 31.5 Å². The molecule has 2 aliphatic heterocycles. The summed E-state index contributed by atoms with van der Waals surface area (Å²) in [6.07, 6.45) is -4.47. The number of nitrogens with one attached hydrogen (secondary N) is 1. The molecule has 3 atom stereocenters. The SMILES string of the molecule is CCN1C(=O)C(NC(=O)c2cccc(C(F)(F)F)c2)C(c2ccc(F)cc2)/C(=C(/N)C(=O)N(C)C(C#N)CCN(C)C2COC2)C1=Nc1ccccc1. The first-order valence-electron chi connectivity index (χ1n) is 16.9. The number of amides is 3. The summed E-state index contributed by atoms with van der Waals surface area (Å²) in [4.78, 5) is 51.6. The highest BCUT2D eigenvalue weighted by Gasteiger charge is 2.47. The van der Waals surface area contributed by atoms with Crippen LogP contribution in [-0.2, 0) is 20.5 Å². The molecule has 11 nitrogen and oxygen atoms in total. The van der Waals surface area contributed by atoms with Gasteiger partial charge in [0.25, 0.3) is 17.7 Å². The molecule has 15 heteroatoms. The van der Waals surface area contributed by atoms with Gasteiger partial charge in [0.2, 0.25) is 0 Å². The third-order valence-corrected chi connectivity index (χ3v) is 9.40. The van der Waals surface area contributed by atoms with Gasteiger partial charge in [-0.3, -0.25) is 24.2 Å². The number of rotatable bonds is 11. The second-order valence-electron chi connectivity index (χ2n) is 12.8. The van der Waals surface area contributed by atoms with E-state index >= 15 is 0 Å². The monoisotopic (exact) mass is 733 g/mol. The van der Waals surface area contributed by atoms with E-state index in [4.69, 9.17) is 15.5 Å². The Bertz CT molecular complexity index is 1920. The van der Waals surface area contributed by atoms with E-state index in [1.54, 1.807) is 37.3 Å². The first kappa shape index (κ1) is 38.6. The molecule has 0 saturated carbocycles. The lowest BCUT2D eigenvalue weighted by Crippen LogP contribution is -2.59. The maximum absolute atomic E-state index is 14.4. The first-order valence-corrected chi connectivity index (χ1v) is 16.9. The molecule has 2 fully saturated rings. The number of likely N-dealkylation sites (N-methyl/N-ethyl adjacent to an activating group) is 3. The normalized spacial score (nSPS) is 20.1. The molecule has 0 radical (unpaired) electrons. The van der Waals surface area contributed by atoms with Crippen LogP contribution >= 0.6 is 0 Å². The Morgan fingerprint density at radius 1 is 1.08 bits per heavy atom. The quantitative estimate of drug-likeness (QED) is 0.217. The Kier molecular flexibility index (Phi) is 11.9. The van der Waals surface area contributed by atoms with Gasteiger partial charge in [-0.1, -0.05) is 36.4 Å². The Balaban J connectivity index is 1.65. The number of carbonyl (C=O) groups excluding carboxylic acids is 3. The number of piperidine rings is 1. The number of likely N-dealkylation sites (tertiary alicyclic amines) is 1. The predicted octanol–water partition coefficient (Wildman–Crippen LogP) is 4.60. The van der Waals surface area contributed by atoms with E-state index in [2.05, 4.69) is 11.4 Å². The lowest BCUT2D eigenvalue weighted by Gasteiger charge is -2.41. The summed E-state index contributed by atoms with van der Waals surface area (Å²) in [5, 5.41) is 12.7. The average molecular weight is 734 g/mol. The number of nitrogens with zero attached hydrogens (tertiary/aromatic N) is 5. The van der Waals surface area contributed by atoms with E-state index in [0.717, 1.165) is 24.3 Å². The number of amidine groups is 1. The minimum absolute atomic E-state index is 0.00599. The molecule has 2 heterocycles. The number of hydrogen-bond donors (Lipinski definition) is 2. The van der Waals surface area contributed by atoms with Crippen molar-refractivity contribution in [2.75, 3.05) is 40.4 Å². The van der Waals surface area contributed by atoms with Crippen LogP contribution in [0.25, 0.3) is 0 Å². The third-order valence-electron chi connectivity index (χ3n) is 9.40. The number of nitriles is 1. The summed E-state index contributed by atoms with van der Waals surface area (Å²) >= 11 is 0. The second kappa shape index (κ2) is 16.4. The van der Waals surface area contributed by atoms with E-state index < -0.39 is 59.0 Å². The van der Waals surface area contributed by atoms with Gasteiger partial charge in [0.15, 0.2) is 0 Å². The molecule has 3 unspecified atom stereocenters. The highest BCUT2D eigenvalue weighted by molar-refractivity contribution is 6.18. The predicted molar refractivity (Wildman–Crippen MR) is 188 cm³/mol. The van der Waals surface area contributed by atoms with Crippen molar-refractivity contribution in [1.82, 2.24) is 20.0 Å². The molecule has 0 spiro atoms. The number of carbonyl (C=O) groups is 3. The van der Waals surface area contributed by atoms with Crippen LogP contribution in [0.5, 0.6) is 0 Å². The first-order chi connectivity index (χ1) is 25.2. The molecule has 0 aliphatic carbocycles. The minimum atomic E-state index is -4.74. The fraction of sp³-hybridized carbons (Fsp3) is 0.342. The van der Waals surface area contributed by atoms with E-state index in [1.165, 1.54) is 35.0 Å². The number of ether oxygens (including phenoxy) is 1. The molecule has 0 bridgehead atoms. The Hall–Kier alpha value is -5.59. The summed E-state index contributed by atoms with van der Waals surface area (Å²) in [6, 6.07) is 17.1. The van der Waals surface area contributed by atoms with Gasteiger partial charge in [-0.15, -0.1) is 0 Å². The van der Waals surface area contributed by atoms with Gasteiger partial charge >= 0.3 is 6.18 Å². The Labute approximate surface area is 304 Å². The van der Waals surface area contributed by atoms with E-state index in [-0.39, 0.29) is 41.5 Å². The van der Waals surface area contributed by atoms with Crippen LogP contribution in [-0.4, -0.2) is 96.8 Å². The summed E-state index contributed by atoms with van der Waals surface area (Å²) in [6.45, 7) is 3.22. The van der Waals surface area contributed by atoms with Crippen molar-refractivity contribution >= 4 is 29.2 Å². The van der Waals surface area contributed by atoms with Crippen LogP contribution < -0.4 is 11.1 Å². The molecule has 0 aromatic heterocycles. The third kappa shape index (κ3) is 8.56. The van der Waals surface area contributed by atoms with Crippen molar-refractivity contribution < 1.29 is 36.7 Å². The van der Waals surface area contributed by atoms with Gasteiger partial charge < -0.3 is 20.7 Å². The zero-order chi connectivity index (χ0) is 38.4. The van der Waals surface area contributed by atoms with Crippen molar-refractivity contribution in [3.05, 3.63) is 113 Å². The highest BCUT2D eigenvalue weighted by atomic mass is 19.4. The topological polar surface area (TPSA) is 144 Å². The zero-order valence-electron chi connectivity index (χ0n) is 29.3. The lowest BCUT2D eigenvalue weighted by atomic mass is 9.78. The fourth-order valence-corrected chi connectivity index (χ4v) is 6.22. The van der Waals surface area contributed by atoms with Gasteiger partial charge in [-0.05, 0) is 68.4 Å². The summed E-state index contributed by atoms with van der Waals surface area (Å²) < 4.78 is 60.3.